The van der Waals surface area contributed by atoms with Crippen LogP contribution in [0.3, 0.4) is 0 Å². The summed E-state index contributed by atoms with van der Waals surface area (Å²) >= 11 is 0. The minimum atomic E-state index is -0.366. The Balaban J connectivity index is 1.69. The molecule has 4 aromatic rings. The number of benzene rings is 2. The Bertz CT molecular complexity index is 1510. The largest absolute Gasteiger partial charge is 0.497 e. The van der Waals surface area contributed by atoms with E-state index in [1.807, 2.05) is 54.9 Å². The standard InChI is InChI=1S/C27H25N3O4/c1-16-9-10-29-14-21(19-8-7-17(33-2)13-23(19)29)25-24(26(31)28-27(25)32)20-15-30(11-12-34-16)22-6-4-3-5-18(20)22/h3-8,13-16H,9-12H2,1-2H3,(H,28,31,32). The number of nitrogens with one attached hydrogen (secondary N) is 1. The van der Waals surface area contributed by atoms with Gasteiger partial charge in [0.2, 0.25) is 0 Å². The van der Waals surface area contributed by atoms with Crippen LogP contribution in [0.5, 0.6) is 5.75 Å². The number of nitrogens with zero attached hydrogens (tertiary/aromatic N) is 2. The summed E-state index contributed by atoms with van der Waals surface area (Å²) in [5, 5.41) is 4.39. The fraction of sp³-hybridized carbons (Fsp3) is 0.259. The molecule has 1 unspecified atom stereocenters. The molecule has 172 valence electrons. The van der Waals surface area contributed by atoms with Crippen LogP contribution < -0.4 is 10.1 Å². The predicted molar refractivity (Wildman–Crippen MR) is 130 cm³/mol. The third-order valence-corrected chi connectivity index (χ3v) is 6.86. The summed E-state index contributed by atoms with van der Waals surface area (Å²) in [5.41, 5.74) is 4.31. The van der Waals surface area contributed by atoms with E-state index in [4.69, 9.17) is 9.47 Å². The van der Waals surface area contributed by atoms with Crippen molar-refractivity contribution < 1.29 is 19.1 Å². The average molecular weight is 456 g/mol. The van der Waals surface area contributed by atoms with Gasteiger partial charge in [0.05, 0.1) is 36.5 Å². The van der Waals surface area contributed by atoms with Gasteiger partial charge in [-0.3, -0.25) is 14.9 Å². The van der Waals surface area contributed by atoms with Crippen molar-refractivity contribution in [2.75, 3.05) is 13.7 Å². The Hall–Kier alpha value is -3.84. The summed E-state index contributed by atoms with van der Waals surface area (Å²) in [4.78, 5) is 26.3. The number of hydrogen-bond donors (Lipinski definition) is 1. The van der Waals surface area contributed by atoms with Gasteiger partial charge in [-0.1, -0.05) is 18.2 Å². The fourth-order valence-corrected chi connectivity index (χ4v) is 5.14. The lowest BCUT2D eigenvalue weighted by Crippen LogP contribution is -2.22. The smallest absolute Gasteiger partial charge is 0.259 e. The zero-order valence-electron chi connectivity index (χ0n) is 19.1. The molecule has 6 rings (SSSR count). The molecular formula is C27H25N3O4. The number of aromatic nitrogens is 2. The molecular weight excluding hydrogens is 430 g/mol. The number of para-hydroxylation sites is 1. The summed E-state index contributed by atoms with van der Waals surface area (Å²) < 4.78 is 15.8. The van der Waals surface area contributed by atoms with Crippen LogP contribution in [-0.4, -0.2) is 40.8 Å². The second kappa shape index (κ2) is 7.88. The first-order chi connectivity index (χ1) is 16.5. The van der Waals surface area contributed by atoms with Crippen LogP contribution in [0.1, 0.15) is 24.5 Å². The molecule has 0 radical (unpaired) electrons. The maximum atomic E-state index is 13.2. The van der Waals surface area contributed by atoms with Crippen molar-refractivity contribution >= 4 is 44.8 Å². The number of hydrogen-bond acceptors (Lipinski definition) is 4. The molecule has 2 aliphatic rings. The van der Waals surface area contributed by atoms with Gasteiger partial charge < -0.3 is 18.6 Å². The van der Waals surface area contributed by atoms with Gasteiger partial charge in [-0.25, -0.2) is 0 Å². The molecule has 0 saturated heterocycles. The summed E-state index contributed by atoms with van der Waals surface area (Å²) in [5.74, 6) is 0.00890. The van der Waals surface area contributed by atoms with Gasteiger partial charge in [0.25, 0.3) is 11.8 Å². The van der Waals surface area contributed by atoms with Crippen LogP contribution in [0.25, 0.3) is 33.0 Å². The van der Waals surface area contributed by atoms with Crippen molar-refractivity contribution in [2.45, 2.75) is 32.5 Å². The monoisotopic (exact) mass is 455 g/mol. The van der Waals surface area contributed by atoms with Crippen molar-refractivity contribution in [1.29, 1.82) is 0 Å². The lowest BCUT2D eigenvalue weighted by molar-refractivity contribution is -0.122. The molecule has 0 fully saturated rings. The molecule has 0 saturated carbocycles. The topological polar surface area (TPSA) is 74.5 Å². The Morgan fingerprint density at radius 3 is 2.32 bits per heavy atom. The third-order valence-electron chi connectivity index (χ3n) is 6.86. The lowest BCUT2D eigenvalue weighted by atomic mass is 9.95. The van der Waals surface area contributed by atoms with Crippen LogP contribution in [0.2, 0.25) is 0 Å². The molecule has 2 amide bonds. The van der Waals surface area contributed by atoms with E-state index in [0.29, 0.717) is 24.3 Å². The van der Waals surface area contributed by atoms with Gasteiger partial charge in [0.1, 0.15) is 5.75 Å². The van der Waals surface area contributed by atoms with Crippen LogP contribution in [-0.2, 0) is 27.4 Å². The quantitative estimate of drug-likeness (QED) is 0.441. The second-order valence-corrected chi connectivity index (χ2v) is 8.88. The van der Waals surface area contributed by atoms with E-state index in [2.05, 4.69) is 21.4 Å². The van der Waals surface area contributed by atoms with Gasteiger partial charge in [-0.2, -0.15) is 0 Å². The Morgan fingerprint density at radius 1 is 0.912 bits per heavy atom. The van der Waals surface area contributed by atoms with Crippen molar-refractivity contribution in [2.24, 2.45) is 0 Å². The third kappa shape index (κ3) is 3.15. The van der Waals surface area contributed by atoms with E-state index in [0.717, 1.165) is 51.6 Å². The van der Waals surface area contributed by atoms with Gasteiger partial charge in [-0.05, 0) is 31.5 Å². The number of carbonyl (C=O) groups excluding carboxylic acids is 2. The lowest BCUT2D eigenvalue weighted by Gasteiger charge is -2.15. The molecule has 2 aromatic carbocycles. The summed E-state index contributed by atoms with van der Waals surface area (Å²) in [6, 6.07) is 13.8. The molecule has 4 bridgehead atoms. The minimum Gasteiger partial charge on any atom is -0.497 e. The highest BCUT2D eigenvalue weighted by Gasteiger charge is 2.35. The Labute approximate surface area is 196 Å². The molecule has 1 N–H and O–H groups in total. The molecule has 34 heavy (non-hydrogen) atoms. The van der Waals surface area contributed by atoms with E-state index in [9.17, 15) is 9.59 Å². The Morgan fingerprint density at radius 2 is 1.59 bits per heavy atom. The number of aryl methyl sites for hydroxylation is 1. The zero-order chi connectivity index (χ0) is 23.4. The zero-order valence-corrected chi connectivity index (χ0v) is 19.1. The van der Waals surface area contributed by atoms with Crippen LogP contribution in [0, 0.1) is 0 Å². The highest BCUT2D eigenvalue weighted by atomic mass is 16.5. The van der Waals surface area contributed by atoms with E-state index in [-0.39, 0.29) is 17.9 Å². The molecule has 2 aromatic heterocycles. The molecule has 1 atom stereocenters. The van der Waals surface area contributed by atoms with Crippen molar-refractivity contribution in [3.8, 4) is 5.75 Å². The molecule has 0 spiro atoms. The van der Waals surface area contributed by atoms with Gasteiger partial charge in [-0.15, -0.1) is 0 Å². The van der Waals surface area contributed by atoms with Gasteiger partial charge >= 0.3 is 0 Å². The van der Waals surface area contributed by atoms with Crippen LogP contribution in [0.4, 0.5) is 0 Å². The van der Waals surface area contributed by atoms with Crippen molar-refractivity contribution in [3.05, 3.63) is 66.0 Å². The predicted octanol–water partition coefficient (Wildman–Crippen LogP) is 3.98. The Kier molecular flexibility index (Phi) is 4.81. The number of imide groups is 1. The van der Waals surface area contributed by atoms with E-state index in [1.54, 1.807) is 7.11 Å². The number of methoxy groups -OCH3 is 1. The number of fused-ring (bicyclic) bond motifs is 12. The highest BCUT2D eigenvalue weighted by molar-refractivity contribution is 6.50. The van der Waals surface area contributed by atoms with Crippen molar-refractivity contribution in [1.82, 2.24) is 14.5 Å². The molecule has 0 aliphatic carbocycles. The molecule has 4 heterocycles. The first-order valence-corrected chi connectivity index (χ1v) is 11.5. The second-order valence-electron chi connectivity index (χ2n) is 8.88. The number of amides is 2. The minimum absolute atomic E-state index is 0.0712. The maximum absolute atomic E-state index is 13.2. The molecule has 7 heteroatoms. The van der Waals surface area contributed by atoms with E-state index in [1.165, 1.54) is 0 Å². The summed E-state index contributed by atoms with van der Waals surface area (Å²) in [6.07, 6.45) is 4.84. The molecule has 2 aliphatic heterocycles. The normalized spacial score (nSPS) is 18.8. The first kappa shape index (κ1) is 20.7. The number of carbonyl (C=O) groups is 2. The van der Waals surface area contributed by atoms with Crippen LogP contribution >= 0.6 is 0 Å². The fourth-order valence-electron chi connectivity index (χ4n) is 5.14. The average Bonchev–Trinajstić information content (AvgIpc) is 3.47. The number of ether oxygens (including phenoxy) is 2. The van der Waals surface area contributed by atoms with Crippen molar-refractivity contribution in [3.63, 3.8) is 0 Å². The molecule has 7 nitrogen and oxygen atoms in total. The highest BCUT2D eigenvalue weighted by Crippen LogP contribution is 2.39. The summed E-state index contributed by atoms with van der Waals surface area (Å²) in [7, 11) is 1.64. The van der Waals surface area contributed by atoms with E-state index >= 15 is 0 Å². The van der Waals surface area contributed by atoms with Crippen LogP contribution in [0.15, 0.2) is 54.9 Å². The van der Waals surface area contributed by atoms with E-state index < -0.39 is 0 Å². The maximum Gasteiger partial charge on any atom is 0.259 e. The first-order valence-electron chi connectivity index (χ1n) is 11.5. The summed E-state index contributed by atoms with van der Waals surface area (Å²) in [6.45, 7) is 4.02. The number of rotatable bonds is 1. The SMILES string of the molecule is COc1ccc2c3cn(c2c1)CCC(C)OCCn1cc(c2ccccc21)C1=C3C(=O)NC1=O. The van der Waals surface area contributed by atoms with Gasteiger partial charge in [0, 0.05) is 59.0 Å². The van der Waals surface area contributed by atoms with Gasteiger partial charge in [0.15, 0.2) is 0 Å².